The molecular weight excluding hydrogens is 577 g/mol. The molecule has 3 unspecified atom stereocenters. The molecule has 0 radical (unpaired) electrons. The van der Waals surface area contributed by atoms with Gasteiger partial charge in [-0.1, -0.05) is 32.8 Å². The number of nitrogens with zero attached hydrogens (tertiary/aromatic N) is 3. The number of hydrogen-bond acceptors (Lipinski definition) is 6. The number of carboxylic acids is 1. The van der Waals surface area contributed by atoms with Crippen LogP contribution in [0, 0.1) is 18.7 Å². The van der Waals surface area contributed by atoms with Gasteiger partial charge in [-0.2, -0.15) is 0 Å². The smallest absolute Gasteiger partial charge is 0.308 e. The maximum Gasteiger partial charge on any atom is 0.308 e. The van der Waals surface area contributed by atoms with Gasteiger partial charge in [0.1, 0.15) is 5.82 Å². The first-order chi connectivity index (χ1) is 21.7. The number of amides is 2. The van der Waals surface area contributed by atoms with Crippen molar-refractivity contribution in [3.05, 3.63) is 53.3 Å². The predicted octanol–water partition coefficient (Wildman–Crippen LogP) is 5.74. The van der Waals surface area contributed by atoms with E-state index >= 15 is 0 Å². The molecule has 0 bridgehead atoms. The number of fused-ring (bicyclic) bond motifs is 1. The van der Waals surface area contributed by atoms with E-state index in [9.17, 15) is 23.9 Å². The number of carbonyl (C=O) groups is 3. The van der Waals surface area contributed by atoms with Crippen molar-refractivity contribution in [1.29, 1.82) is 0 Å². The largest absolute Gasteiger partial charge is 0.481 e. The van der Waals surface area contributed by atoms with Gasteiger partial charge in [0, 0.05) is 49.7 Å². The van der Waals surface area contributed by atoms with Crippen LogP contribution in [0.2, 0.25) is 0 Å². The monoisotopic (exact) mass is 623 g/mol. The molecule has 3 aliphatic heterocycles. The molecule has 2 aromatic carbocycles. The predicted molar refractivity (Wildman–Crippen MR) is 169 cm³/mol. The van der Waals surface area contributed by atoms with Gasteiger partial charge in [0.15, 0.2) is 11.5 Å². The average Bonchev–Trinajstić information content (AvgIpc) is 3.74. The Balaban J connectivity index is 1.45. The number of aliphatic carboxylic acids is 1. The fourth-order valence-electron chi connectivity index (χ4n) is 7.42. The molecule has 3 heterocycles. The highest BCUT2D eigenvalue weighted by Gasteiger charge is 2.47. The summed E-state index contributed by atoms with van der Waals surface area (Å²) < 4.78 is 25.4. The van der Waals surface area contributed by atoms with Crippen molar-refractivity contribution < 1.29 is 33.4 Å². The average molecular weight is 624 g/mol. The van der Waals surface area contributed by atoms with E-state index in [2.05, 4.69) is 13.8 Å². The number of anilines is 1. The molecular formula is C35H46FN3O6. The Kier molecular flexibility index (Phi) is 10.6. The van der Waals surface area contributed by atoms with Crippen molar-refractivity contribution in [2.45, 2.75) is 90.1 Å². The molecule has 1 N–H and O–H groups in total. The molecule has 3 atom stereocenters. The molecule has 2 amide bonds. The Morgan fingerprint density at radius 3 is 2.51 bits per heavy atom. The number of carboxylic acid groups (broad SMARTS) is 1. The van der Waals surface area contributed by atoms with Crippen LogP contribution >= 0.6 is 0 Å². The topological polar surface area (TPSA) is 99.6 Å². The summed E-state index contributed by atoms with van der Waals surface area (Å²) in [5.41, 5.74) is 1.97. The molecule has 5 rings (SSSR count). The molecule has 9 nitrogen and oxygen atoms in total. The summed E-state index contributed by atoms with van der Waals surface area (Å²) in [6, 6.07) is 9.92. The van der Waals surface area contributed by atoms with E-state index in [1.807, 2.05) is 32.9 Å². The van der Waals surface area contributed by atoms with Gasteiger partial charge in [-0.3, -0.25) is 19.3 Å². The maximum absolute atomic E-state index is 14.4. The van der Waals surface area contributed by atoms with Crippen LogP contribution in [0.5, 0.6) is 11.5 Å². The highest BCUT2D eigenvalue weighted by Crippen LogP contribution is 2.43. The Labute approximate surface area is 265 Å². The van der Waals surface area contributed by atoms with E-state index < -0.39 is 17.9 Å². The molecule has 0 aromatic heterocycles. The highest BCUT2D eigenvalue weighted by molar-refractivity contribution is 5.95. The minimum Gasteiger partial charge on any atom is -0.481 e. The summed E-state index contributed by atoms with van der Waals surface area (Å²) in [4.78, 5) is 45.3. The van der Waals surface area contributed by atoms with Crippen molar-refractivity contribution in [3.8, 4) is 11.5 Å². The second-order valence-corrected chi connectivity index (χ2v) is 12.6. The molecule has 0 saturated carbocycles. The fourth-order valence-corrected chi connectivity index (χ4v) is 7.42. The van der Waals surface area contributed by atoms with Crippen LogP contribution < -0.4 is 14.4 Å². The number of rotatable bonds is 14. The molecule has 45 heavy (non-hydrogen) atoms. The summed E-state index contributed by atoms with van der Waals surface area (Å²) in [6.07, 6.45) is 5.99. The standard InChI is InChI=1S/C35H46FN3O6/c1-4-8-25(9-5-2)39(26-13-14-28(36)23(3)18-26)33(41)21-38-20-27(24-12-15-30-31(19-24)45-22-44-30)34(35(42)43)29(38)10-6-16-37-17-7-11-32(37)40/h12-15,18-19,25,27,29,34H,4-11,16-17,20-22H2,1-3H3,(H,42,43). The Morgan fingerprint density at radius 2 is 1.84 bits per heavy atom. The molecule has 0 spiro atoms. The molecule has 10 heteroatoms. The zero-order valence-electron chi connectivity index (χ0n) is 26.7. The third-order valence-electron chi connectivity index (χ3n) is 9.59. The second-order valence-electron chi connectivity index (χ2n) is 12.6. The van der Waals surface area contributed by atoms with Gasteiger partial charge in [0.2, 0.25) is 18.6 Å². The van der Waals surface area contributed by atoms with Crippen LogP contribution in [-0.2, 0) is 14.4 Å². The van der Waals surface area contributed by atoms with Gasteiger partial charge in [0.25, 0.3) is 0 Å². The van der Waals surface area contributed by atoms with Crippen molar-refractivity contribution in [3.63, 3.8) is 0 Å². The van der Waals surface area contributed by atoms with Gasteiger partial charge in [-0.15, -0.1) is 0 Å². The summed E-state index contributed by atoms with van der Waals surface area (Å²) in [5.74, 6) is -1.10. The van der Waals surface area contributed by atoms with Crippen molar-refractivity contribution >= 4 is 23.5 Å². The third kappa shape index (κ3) is 7.27. The zero-order chi connectivity index (χ0) is 32.1. The number of hydrogen-bond donors (Lipinski definition) is 1. The van der Waals surface area contributed by atoms with Gasteiger partial charge in [-0.05, 0) is 80.5 Å². The summed E-state index contributed by atoms with van der Waals surface area (Å²) >= 11 is 0. The Hall–Kier alpha value is -3.66. The van der Waals surface area contributed by atoms with E-state index in [1.165, 1.54) is 6.07 Å². The summed E-state index contributed by atoms with van der Waals surface area (Å²) in [5, 5.41) is 10.6. The first kappa shape index (κ1) is 32.7. The lowest BCUT2D eigenvalue weighted by molar-refractivity contribution is -0.143. The van der Waals surface area contributed by atoms with Gasteiger partial charge < -0.3 is 24.4 Å². The van der Waals surface area contributed by atoms with E-state index in [0.717, 1.165) is 44.2 Å². The molecule has 0 aliphatic carbocycles. The Morgan fingerprint density at radius 1 is 1.09 bits per heavy atom. The number of aryl methyl sites for hydroxylation is 1. The second kappa shape index (κ2) is 14.6. The van der Waals surface area contributed by atoms with E-state index in [0.29, 0.717) is 55.1 Å². The molecule has 2 saturated heterocycles. The lowest BCUT2D eigenvalue weighted by atomic mass is 9.83. The van der Waals surface area contributed by atoms with Crippen LogP contribution in [-0.4, -0.2) is 77.7 Å². The van der Waals surface area contributed by atoms with Crippen LogP contribution in [0.4, 0.5) is 10.1 Å². The molecule has 3 aliphatic rings. The lowest BCUT2D eigenvalue weighted by Crippen LogP contribution is -2.48. The lowest BCUT2D eigenvalue weighted by Gasteiger charge is -2.35. The van der Waals surface area contributed by atoms with Crippen molar-refractivity contribution in [2.75, 3.05) is 37.9 Å². The van der Waals surface area contributed by atoms with E-state index in [-0.39, 0.29) is 42.9 Å². The molecule has 2 aromatic rings. The maximum atomic E-state index is 14.4. The summed E-state index contributed by atoms with van der Waals surface area (Å²) in [7, 11) is 0. The number of carbonyl (C=O) groups excluding carboxylic acids is 2. The van der Waals surface area contributed by atoms with Crippen LogP contribution in [0.15, 0.2) is 36.4 Å². The molecule has 2 fully saturated rings. The van der Waals surface area contributed by atoms with Crippen LogP contribution in [0.25, 0.3) is 0 Å². The molecule has 244 valence electrons. The number of likely N-dealkylation sites (tertiary alicyclic amines) is 2. The summed E-state index contributed by atoms with van der Waals surface area (Å²) in [6.45, 7) is 7.75. The number of ether oxygens (including phenoxy) is 2. The zero-order valence-corrected chi connectivity index (χ0v) is 26.7. The van der Waals surface area contributed by atoms with Crippen LogP contribution in [0.1, 0.15) is 82.3 Å². The number of benzene rings is 2. The third-order valence-corrected chi connectivity index (χ3v) is 9.59. The van der Waals surface area contributed by atoms with Gasteiger partial charge in [0.05, 0.1) is 12.5 Å². The SMILES string of the molecule is CCCC(CCC)N(C(=O)CN1CC(c2ccc3c(c2)OCO3)C(C(=O)O)C1CCCN1CCCC1=O)c1ccc(F)c(C)c1. The number of halogens is 1. The van der Waals surface area contributed by atoms with Crippen molar-refractivity contribution in [2.24, 2.45) is 5.92 Å². The minimum atomic E-state index is -0.907. The fraction of sp³-hybridized carbons (Fsp3) is 0.571. The first-order valence-electron chi connectivity index (χ1n) is 16.4. The van der Waals surface area contributed by atoms with Gasteiger partial charge >= 0.3 is 5.97 Å². The van der Waals surface area contributed by atoms with E-state index in [1.54, 1.807) is 19.1 Å². The van der Waals surface area contributed by atoms with Crippen molar-refractivity contribution in [1.82, 2.24) is 9.80 Å². The Bertz CT molecular complexity index is 1380. The quantitative estimate of drug-likeness (QED) is 0.287. The van der Waals surface area contributed by atoms with E-state index in [4.69, 9.17) is 9.47 Å². The first-order valence-corrected chi connectivity index (χ1v) is 16.4. The highest BCUT2D eigenvalue weighted by atomic mass is 19.1. The normalized spacial score (nSPS) is 21.2. The van der Waals surface area contributed by atoms with Crippen LogP contribution in [0.3, 0.4) is 0 Å². The van der Waals surface area contributed by atoms with Gasteiger partial charge in [-0.25, -0.2) is 4.39 Å². The minimum absolute atomic E-state index is 0.0402.